The molecule has 0 aliphatic heterocycles. The summed E-state index contributed by atoms with van der Waals surface area (Å²) < 4.78 is 4.74. The Hall–Kier alpha value is -2.49. The van der Waals surface area contributed by atoms with Gasteiger partial charge in [-0.1, -0.05) is 31.0 Å². The fraction of sp³-hybridized carbons (Fsp3) is 0.350. The number of nitrogens with one attached hydrogen (secondary N) is 2. The largest absolute Gasteiger partial charge is 0.465 e. The van der Waals surface area contributed by atoms with Gasteiger partial charge >= 0.3 is 5.97 Å². The highest BCUT2D eigenvalue weighted by Crippen LogP contribution is 2.25. The molecule has 2 aromatic carbocycles. The highest BCUT2D eigenvalue weighted by Gasteiger charge is 2.24. The van der Waals surface area contributed by atoms with Gasteiger partial charge in [0.25, 0.3) is 0 Å². The van der Waals surface area contributed by atoms with Crippen LogP contribution in [0.25, 0.3) is 0 Å². The molecule has 0 saturated heterocycles. The number of ether oxygens (including phenoxy) is 1. The molecular formula is C20H24N2O2. The van der Waals surface area contributed by atoms with Gasteiger partial charge in [-0.2, -0.15) is 0 Å². The van der Waals surface area contributed by atoms with Crippen LogP contribution < -0.4 is 10.6 Å². The molecule has 2 N–H and O–H groups in total. The van der Waals surface area contributed by atoms with Crippen LogP contribution in [0.4, 0.5) is 11.4 Å². The van der Waals surface area contributed by atoms with Crippen LogP contribution in [0.15, 0.2) is 54.6 Å². The summed E-state index contributed by atoms with van der Waals surface area (Å²) in [5.74, 6) is -0.303. The highest BCUT2D eigenvalue weighted by atomic mass is 16.5. The minimum Gasteiger partial charge on any atom is -0.465 e. The van der Waals surface area contributed by atoms with E-state index >= 15 is 0 Å². The Morgan fingerprint density at radius 3 is 1.96 bits per heavy atom. The molecule has 4 heteroatoms. The number of anilines is 2. The van der Waals surface area contributed by atoms with Crippen molar-refractivity contribution in [2.45, 2.75) is 37.8 Å². The zero-order valence-electron chi connectivity index (χ0n) is 14.0. The van der Waals surface area contributed by atoms with Crippen molar-refractivity contribution in [2.75, 3.05) is 17.7 Å². The Kier molecular flexibility index (Phi) is 5.36. The quantitative estimate of drug-likeness (QED) is 0.805. The molecule has 0 radical (unpaired) electrons. The van der Waals surface area contributed by atoms with Crippen LogP contribution in [0, 0.1) is 0 Å². The van der Waals surface area contributed by atoms with Gasteiger partial charge in [-0.25, -0.2) is 4.79 Å². The molecule has 0 spiro atoms. The van der Waals surface area contributed by atoms with Crippen molar-refractivity contribution in [3.8, 4) is 0 Å². The molecule has 0 unspecified atom stereocenters. The van der Waals surface area contributed by atoms with Gasteiger partial charge in [-0.3, -0.25) is 0 Å². The van der Waals surface area contributed by atoms with Gasteiger partial charge in [0.1, 0.15) is 0 Å². The number of benzene rings is 2. The second-order valence-corrected chi connectivity index (χ2v) is 6.22. The van der Waals surface area contributed by atoms with Gasteiger partial charge in [0, 0.05) is 23.5 Å². The van der Waals surface area contributed by atoms with Crippen LogP contribution in [0.3, 0.4) is 0 Å². The molecule has 0 aromatic heterocycles. The average Bonchev–Trinajstić information content (AvgIpc) is 2.64. The summed E-state index contributed by atoms with van der Waals surface area (Å²) in [6.45, 7) is 0. The van der Waals surface area contributed by atoms with E-state index in [0.29, 0.717) is 17.6 Å². The summed E-state index contributed by atoms with van der Waals surface area (Å²) in [5, 5.41) is 7.27. The Bertz CT molecular complexity index is 655. The second kappa shape index (κ2) is 7.86. The maximum Gasteiger partial charge on any atom is 0.337 e. The highest BCUT2D eigenvalue weighted by molar-refractivity contribution is 5.89. The number of rotatable bonds is 5. The lowest BCUT2D eigenvalue weighted by Crippen LogP contribution is -2.41. The SMILES string of the molecule is COC(=O)c1ccc(N[C@H]2CCCC[C@@H]2Nc2ccccc2)cc1. The van der Waals surface area contributed by atoms with Crippen LogP contribution in [0.5, 0.6) is 0 Å². The minimum absolute atomic E-state index is 0.303. The first kappa shape index (κ1) is 16.4. The van der Waals surface area contributed by atoms with E-state index < -0.39 is 0 Å². The fourth-order valence-corrected chi connectivity index (χ4v) is 3.26. The lowest BCUT2D eigenvalue weighted by atomic mass is 9.89. The predicted octanol–water partition coefficient (Wildman–Crippen LogP) is 4.31. The summed E-state index contributed by atoms with van der Waals surface area (Å²) in [7, 11) is 1.40. The maximum atomic E-state index is 11.5. The third-order valence-electron chi connectivity index (χ3n) is 4.55. The average molecular weight is 324 g/mol. The van der Waals surface area contributed by atoms with Crippen molar-refractivity contribution in [3.63, 3.8) is 0 Å². The number of carbonyl (C=O) groups is 1. The number of methoxy groups -OCH3 is 1. The molecule has 1 saturated carbocycles. The standard InChI is InChI=1S/C20H24N2O2/c1-24-20(23)15-11-13-17(14-12-15)22-19-10-6-5-9-18(19)21-16-7-3-2-4-8-16/h2-4,7-8,11-14,18-19,21-22H,5-6,9-10H2,1H3/t18-,19-/m0/s1. The molecule has 1 aliphatic rings. The van der Waals surface area contributed by atoms with Gasteiger partial charge in [-0.15, -0.1) is 0 Å². The Morgan fingerprint density at radius 2 is 1.42 bits per heavy atom. The fourth-order valence-electron chi connectivity index (χ4n) is 3.26. The molecule has 1 fully saturated rings. The monoisotopic (exact) mass is 324 g/mol. The number of hydrogen-bond acceptors (Lipinski definition) is 4. The summed E-state index contributed by atoms with van der Waals surface area (Å²) in [4.78, 5) is 11.5. The van der Waals surface area contributed by atoms with Gasteiger partial charge in [0.15, 0.2) is 0 Å². The number of esters is 1. The normalized spacial score (nSPS) is 20.2. The third-order valence-corrected chi connectivity index (χ3v) is 4.55. The molecule has 24 heavy (non-hydrogen) atoms. The van der Waals surface area contributed by atoms with E-state index in [1.165, 1.54) is 20.0 Å². The number of carbonyl (C=O) groups excluding carboxylic acids is 1. The molecule has 3 rings (SSSR count). The van der Waals surface area contributed by atoms with E-state index in [-0.39, 0.29) is 5.97 Å². The number of para-hydroxylation sites is 1. The molecule has 1 aliphatic carbocycles. The van der Waals surface area contributed by atoms with Crippen LogP contribution in [0.1, 0.15) is 36.0 Å². The molecule has 126 valence electrons. The predicted molar refractivity (Wildman–Crippen MR) is 97.5 cm³/mol. The van der Waals surface area contributed by atoms with Crippen LogP contribution >= 0.6 is 0 Å². The van der Waals surface area contributed by atoms with Crippen molar-refractivity contribution in [3.05, 3.63) is 60.2 Å². The molecule has 2 aromatic rings. The van der Waals surface area contributed by atoms with E-state index in [0.717, 1.165) is 24.2 Å². The Balaban J connectivity index is 1.66. The van der Waals surface area contributed by atoms with Crippen molar-refractivity contribution >= 4 is 17.3 Å². The van der Waals surface area contributed by atoms with Crippen LogP contribution in [-0.4, -0.2) is 25.2 Å². The Labute approximate surface area is 143 Å². The van der Waals surface area contributed by atoms with Gasteiger partial charge in [0.05, 0.1) is 12.7 Å². The lowest BCUT2D eigenvalue weighted by molar-refractivity contribution is 0.0601. The smallest absolute Gasteiger partial charge is 0.337 e. The summed E-state index contributed by atoms with van der Waals surface area (Å²) in [5.41, 5.74) is 2.78. The molecule has 4 nitrogen and oxygen atoms in total. The first-order valence-corrected chi connectivity index (χ1v) is 8.53. The van der Waals surface area contributed by atoms with Crippen LogP contribution in [0.2, 0.25) is 0 Å². The first-order valence-electron chi connectivity index (χ1n) is 8.53. The lowest BCUT2D eigenvalue weighted by Gasteiger charge is -2.34. The van der Waals surface area contributed by atoms with Gasteiger partial charge in [0.2, 0.25) is 0 Å². The van der Waals surface area contributed by atoms with E-state index in [9.17, 15) is 4.79 Å². The molecule has 0 amide bonds. The zero-order chi connectivity index (χ0) is 16.8. The summed E-state index contributed by atoms with van der Waals surface area (Å²) >= 11 is 0. The van der Waals surface area contributed by atoms with Crippen LogP contribution in [-0.2, 0) is 4.74 Å². The molecule has 0 heterocycles. The maximum absolute atomic E-state index is 11.5. The molecule has 2 atom stereocenters. The minimum atomic E-state index is -0.303. The van der Waals surface area contributed by atoms with Gasteiger partial charge < -0.3 is 15.4 Å². The summed E-state index contributed by atoms with van der Waals surface area (Å²) in [6.07, 6.45) is 4.80. The topological polar surface area (TPSA) is 50.4 Å². The zero-order valence-corrected chi connectivity index (χ0v) is 14.0. The third kappa shape index (κ3) is 4.07. The summed E-state index contributed by atoms with van der Waals surface area (Å²) in [6, 6.07) is 18.6. The van der Waals surface area contributed by atoms with Gasteiger partial charge in [-0.05, 0) is 49.2 Å². The van der Waals surface area contributed by atoms with E-state index in [2.05, 4.69) is 34.9 Å². The first-order chi connectivity index (χ1) is 11.8. The van der Waals surface area contributed by atoms with E-state index in [4.69, 9.17) is 4.74 Å². The van der Waals surface area contributed by atoms with Crippen molar-refractivity contribution < 1.29 is 9.53 Å². The molecular weight excluding hydrogens is 300 g/mol. The van der Waals surface area contributed by atoms with Crippen molar-refractivity contribution in [1.29, 1.82) is 0 Å². The van der Waals surface area contributed by atoms with Crippen molar-refractivity contribution in [2.24, 2.45) is 0 Å². The van der Waals surface area contributed by atoms with E-state index in [1.807, 2.05) is 18.2 Å². The number of hydrogen-bond donors (Lipinski definition) is 2. The van der Waals surface area contributed by atoms with E-state index in [1.54, 1.807) is 12.1 Å². The van der Waals surface area contributed by atoms with Crippen molar-refractivity contribution in [1.82, 2.24) is 0 Å². The Morgan fingerprint density at radius 1 is 0.875 bits per heavy atom. The second-order valence-electron chi connectivity index (χ2n) is 6.22. The molecule has 0 bridgehead atoms.